The van der Waals surface area contributed by atoms with Crippen molar-refractivity contribution in [2.75, 3.05) is 20.1 Å². The first-order chi connectivity index (χ1) is 11.2. The number of rotatable bonds is 3. The molecule has 0 spiro atoms. The van der Waals surface area contributed by atoms with E-state index in [4.69, 9.17) is 4.74 Å². The first kappa shape index (κ1) is 14.0. The van der Waals surface area contributed by atoms with E-state index < -0.39 is 0 Å². The van der Waals surface area contributed by atoms with E-state index in [2.05, 4.69) is 31.9 Å². The van der Waals surface area contributed by atoms with Crippen LogP contribution in [0.15, 0.2) is 35.5 Å². The lowest BCUT2D eigenvalue weighted by Gasteiger charge is -2.12. The van der Waals surface area contributed by atoms with Crippen molar-refractivity contribution in [2.45, 2.75) is 12.5 Å². The fraction of sp³-hybridized carbons (Fsp3) is 0.312. The van der Waals surface area contributed by atoms with Gasteiger partial charge in [-0.15, -0.1) is 0 Å². The van der Waals surface area contributed by atoms with Gasteiger partial charge in [0.15, 0.2) is 5.65 Å². The number of likely N-dealkylation sites (N-methyl/N-ethyl adjacent to an activating group) is 1. The van der Waals surface area contributed by atoms with Crippen molar-refractivity contribution in [3.63, 3.8) is 0 Å². The van der Waals surface area contributed by atoms with E-state index in [0.29, 0.717) is 17.0 Å². The van der Waals surface area contributed by atoms with Gasteiger partial charge in [-0.25, -0.2) is 9.97 Å². The molecule has 118 valence electrons. The van der Waals surface area contributed by atoms with Crippen LogP contribution in [0.2, 0.25) is 0 Å². The smallest absolute Gasteiger partial charge is 0.248 e. The number of hydrogen-bond acceptors (Lipinski definition) is 5. The molecule has 1 fully saturated rings. The highest BCUT2D eigenvalue weighted by Gasteiger charge is 2.22. The number of nitrogens with one attached hydrogen (secondary N) is 2. The van der Waals surface area contributed by atoms with Gasteiger partial charge < -0.3 is 19.6 Å². The molecule has 4 rings (SSSR count). The Morgan fingerprint density at radius 2 is 2.30 bits per heavy atom. The van der Waals surface area contributed by atoms with E-state index in [0.717, 1.165) is 30.6 Å². The van der Waals surface area contributed by atoms with E-state index >= 15 is 0 Å². The summed E-state index contributed by atoms with van der Waals surface area (Å²) in [4.78, 5) is 28.4. The number of aromatic nitrogens is 4. The van der Waals surface area contributed by atoms with Crippen molar-refractivity contribution in [2.24, 2.45) is 0 Å². The van der Waals surface area contributed by atoms with Gasteiger partial charge in [0.05, 0.1) is 6.20 Å². The topological polar surface area (TPSA) is 86.9 Å². The first-order valence-electron chi connectivity index (χ1n) is 7.57. The van der Waals surface area contributed by atoms with E-state index in [1.165, 1.54) is 0 Å². The molecule has 0 amide bonds. The summed E-state index contributed by atoms with van der Waals surface area (Å²) < 4.78 is 5.94. The van der Waals surface area contributed by atoms with Crippen LogP contribution < -0.4 is 10.3 Å². The summed E-state index contributed by atoms with van der Waals surface area (Å²) >= 11 is 0. The molecule has 1 saturated heterocycles. The number of H-pyrrole nitrogens is 2. The monoisotopic (exact) mass is 311 g/mol. The zero-order valence-corrected chi connectivity index (χ0v) is 12.7. The second-order valence-electron chi connectivity index (χ2n) is 5.84. The van der Waals surface area contributed by atoms with Crippen LogP contribution in [0.1, 0.15) is 6.42 Å². The molecule has 0 aromatic carbocycles. The molecule has 3 aromatic heterocycles. The lowest BCUT2D eigenvalue weighted by molar-refractivity contribution is 0.200. The minimum absolute atomic E-state index is 0.147. The van der Waals surface area contributed by atoms with Crippen LogP contribution in [0.4, 0.5) is 0 Å². The lowest BCUT2D eigenvalue weighted by atomic mass is 10.1. The molecule has 1 aliphatic rings. The SMILES string of the molecule is CN1CCC(Oc2cnc3[nH]cc(-c4cc[nH]c(=O)c4)c3n2)C1. The maximum atomic E-state index is 11.5. The van der Waals surface area contributed by atoms with Crippen LogP contribution in [0.5, 0.6) is 5.88 Å². The summed E-state index contributed by atoms with van der Waals surface area (Å²) in [7, 11) is 2.08. The first-order valence-corrected chi connectivity index (χ1v) is 7.57. The molecule has 4 heterocycles. The second-order valence-corrected chi connectivity index (χ2v) is 5.84. The Balaban J connectivity index is 1.70. The largest absolute Gasteiger partial charge is 0.472 e. The fourth-order valence-electron chi connectivity index (χ4n) is 2.93. The number of hydrogen-bond donors (Lipinski definition) is 2. The van der Waals surface area contributed by atoms with Gasteiger partial charge >= 0.3 is 0 Å². The molecule has 3 aromatic rings. The summed E-state index contributed by atoms with van der Waals surface area (Å²) in [5, 5.41) is 0. The molecule has 1 aliphatic heterocycles. The quantitative estimate of drug-likeness (QED) is 0.763. The van der Waals surface area contributed by atoms with Crippen LogP contribution in [0, 0.1) is 0 Å². The Morgan fingerprint density at radius 1 is 1.39 bits per heavy atom. The summed E-state index contributed by atoms with van der Waals surface area (Å²) in [6.45, 7) is 1.93. The van der Waals surface area contributed by atoms with E-state index in [1.807, 2.05) is 12.3 Å². The maximum absolute atomic E-state index is 11.5. The molecular weight excluding hydrogens is 294 g/mol. The molecule has 23 heavy (non-hydrogen) atoms. The summed E-state index contributed by atoms with van der Waals surface area (Å²) in [5.74, 6) is 0.517. The van der Waals surface area contributed by atoms with E-state index in [-0.39, 0.29) is 11.7 Å². The van der Waals surface area contributed by atoms with Gasteiger partial charge in [-0.3, -0.25) is 4.79 Å². The van der Waals surface area contributed by atoms with Crippen molar-refractivity contribution in [1.82, 2.24) is 24.8 Å². The van der Waals surface area contributed by atoms with Gasteiger partial charge in [-0.1, -0.05) is 0 Å². The number of fused-ring (bicyclic) bond motifs is 1. The molecule has 0 saturated carbocycles. The van der Waals surface area contributed by atoms with Crippen LogP contribution in [0.3, 0.4) is 0 Å². The predicted octanol–water partition coefficient (Wildman–Crippen LogP) is 1.40. The van der Waals surface area contributed by atoms with Gasteiger partial charge in [-0.05, 0) is 25.1 Å². The van der Waals surface area contributed by atoms with Gasteiger partial charge in [-0.2, -0.15) is 0 Å². The van der Waals surface area contributed by atoms with Crippen LogP contribution in [0.25, 0.3) is 22.3 Å². The highest BCUT2D eigenvalue weighted by Crippen LogP contribution is 2.27. The van der Waals surface area contributed by atoms with Crippen molar-refractivity contribution >= 4 is 11.2 Å². The Hall–Kier alpha value is -2.67. The number of nitrogens with zero attached hydrogens (tertiary/aromatic N) is 3. The molecular formula is C16H17N5O2. The summed E-state index contributed by atoms with van der Waals surface area (Å²) in [6, 6.07) is 3.38. The zero-order valence-electron chi connectivity index (χ0n) is 12.7. The molecule has 1 unspecified atom stereocenters. The van der Waals surface area contributed by atoms with Crippen molar-refractivity contribution in [1.29, 1.82) is 0 Å². The van der Waals surface area contributed by atoms with E-state index in [1.54, 1.807) is 18.5 Å². The predicted molar refractivity (Wildman–Crippen MR) is 86.5 cm³/mol. The fourth-order valence-corrected chi connectivity index (χ4v) is 2.93. The molecule has 0 bridgehead atoms. The normalized spacial score (nSPS) is 18.6. The minimum atomic E-state index is -0.147. The number of likely N-dealkylation sites (tertiary alicyclic amines) is 1. The van der Waals surface area contributed by atoms with Gasteiger partial charge in [0, 0.05) is 37.1 Å². The Morgan fingerprint density at radius 3 is 3.09 bits per heavy atom. The standard InChI is InChI=1S/C16H17N5O2/c1-21-5-3-11(9-21)23-14-8-19-16-15(20-14)12(7-18-16)10-2-4-17-13(22)6-10/h2,4,6-8,11H,3,5,9H2,1H3,(H,17,22)(H,18,19). The van der Waals surface area contributed by atoms with Gasteiger partial charge in [0.25, 0.3) is 0 Å². The average Bonchev–Trinajstić information content (AvgIpc) is 3.13. The Labute approximate surface area is 132 Å². The van der Waals surface area contributed by atoms with Crippen LogP contribution in [-0.4, -0.2) is 51.1 Å². The number of ether oxygens (including phenoxy) is 1. The average molecular weight is 311 g/mol. The van der Waals surface area contributed by atoms with Crippen molar-refractivity contribution < 1.29 is 4.74 Å². The third-order valence-corrected chi connectivity index (χ3v) is 4.08. The van der Waals surface area contributed by atoms with Crippen molar-refractivity contribution in [3.8, 4) is 17.0 Å². The third-order valence-electron chi connectivity index (χ3n) is 4.08. The zero-order chi connectivity index (χ0) is 15.8. The summed E-state index contributed by atoms with van der Waals surface area (Å²) in [6.07, 6.45) is 6.21. The Bertz CT molecular complexity index is 901. The van der Waals surface area contributed by atoms with Crippen LogP contribution in [-0.2, 0) is 0 Å². The highest BCUT2D eigenvalue weighted by atomic mass is 16.5. The highest BCUT2D eigenvalue weighted by molar-refractivity contribution is 5.90. The van der Waals surface area contributed by atoms with Crippen molar-refractivity contribution in [3.05, 3.63) is 41.1 Å². The van der Waals surface area contributed by atoms with Gasteiger partial charge in [0.1, 0.15) is 11.6 Å². The maximum Gasteiger partial charge on any atom is 0.248 e. The number of pyridine rings is 1. The minimum Gasteiger partial charge on any atom is -0.472 e. The molecule has 7 heteroatoms. The second kappa shape index (κ2) is 5.51. The van der Waals surface area contributed by atoms with E-state index in [9.17, 15) is 4.79 Å². The van der Waals surface area contributed by atoms with Gasteiger partial charge in [0.2, 0.25) is 11.4 Å². The Kier molecular flexibility index (Phi) is 3.34. The molecule has 0 aliphatic carbocycles. The molecule has 7 nitrogen and oxygen atoms in total. The number of aromatic amines is 2. The molecule has 0 radical (unpaired) electrons. The molecule has 2 N–H and O–H groups in total. The molecule has 1 atom stereocenters. The third kappa shape index (κ3) is 2.70. The summed E-state index contributed by atoms with van der Waals surface area (Å²) in [5.41, 5.74) is 2.88. The van der Waals surface area contributed by atoms with Crippen LogP contribution >= 0.6 is 0 Å². The lowest BCUT2D eigenvalue weighted by Crippen LogP contribution is -2.21.